The number of halogens is 2. The van der Waals surface area contributed by atoms with Crippen LogP contribution in [0.4, 0.5) is 0 Å². The lowest BCUT2D eigenvalue weighted by atomic mass is 10.1. The van der Waals surface area contributed by atoms with E-state index in [1.54, 1.807) is 18.2 Å². The Morgan fingerprint density at radius 1 is 0.923 bits per heavy atom. The van der Waals surface area contributed by atoms with E-state index in [0.29, 0.717) is 28.6 Å². The van der Waals surface area contributed by atoms with Crippen molar-refractivity contribution in [3.8, 4) is 0 Å². The molecule has 3 rings (SSSR count). The van der Waals surface area contributed by atoms with Gasteiger partial charge in [0.05, 0.1) is 11.1 Å². The van der Waals surface area contributed by atoms with E-state index in [-0.39, 0.29) is 24.4 Å². The second-order valence-corrected chi connectivity index (χ2v) is 6.80. The lowest BCUT2D eigenvalue weighted by Crippen LogP contribution is -2.35. The summed E-state index contributed by atoms with van der Waals surface area (Å²) in [5, 5.41) is 3.85. The molecule has 0 aliphatic carbocycles. The van der Waals surface area contributed by atoms with E-state index in [2.05, 4.69) is 5.32 Å². The monoisotopic (exact) mass is 390 g/mol. The molecule has 5 nitrogen and oxygen atoms in total. The Labute approximate surface area is 160 Å². The van der Waals surface area contributed by atoms with Gasteiger partial charge in [-0.25, -0.2) is 0 Å². The highest BCUT2D eigenvalue weighted by molar-refractivity contribution is 6.32. The SMILES string of the molecule is O=C(CCN1C(=O)c2ccc(Cl)cc2C1=O)NCCc1ccc(Cl)cc1. The first-order valence-corrected chi connectivity index (χ1v) is 8.88. The van der Waals surface area contributed by atoms with E-state index < -0.39 is 11.8 Å². The zero-order valence-corrected chi connectivity index (χ0v) is 15.3. The average molecular weight is 391 g/mol. The number of hydrogen-bond donors (Lipinski definition) is 1. The first kappa shape index (κ1) is 18.4. The molecule has 26 heavy (non-hydrogen) atoms. The van der Waals surface area contributed by atoms with Crippen LogP contribution in [0.1, 0.15) is 32.7 Å². The number of imide groups is 1. The second-order valence-electron chi connectivity index (χ2n) is 5.93. The Morgan fingerprint density at radius 2 is 1.58 bits per heavy atom. The van der Waals surface area contributed by atoms with E-state index in [1.807, 2.05) is 12.1 Å². The standard InChI is InChI=1S/C19H16Cl2N2O3/c20-13-3-1-12(2-4-13)7-9-22-17(24)8-10-23-18(25)15-6-5-14(21)11-16(15)19(23)26/h1-6,11H,7-10H2,(H,22,24). The molecule has 1 aliphatic rings. The second kappa shape index (κ2) is 7.89. The van der Waals surface area contributed by atoms with Gasteiger partial charge in [0.1, 0.15) is 0 Å². The minimum atomic E-state index is -0.415. The highest BCUT2D eigenvalue weighted by Gasteiger charge is 2.35. The zero-order chi connectivity index (χ0) is 18.7. The van der Waals surface area contributed by atoms with Crippen LogP contribution in [0.5, 0.6) is 0 Å². The zero-order valence-electron chi connectivity index (χ0n) is 13.8. The van der Waals surface area contributed by atoms with Crippen molar-refractivity contribution in [1.82, 2.24) is 10.2 Å². The largest absolute Gasteiger partial charge is 0.356 e. The number of rotatable bonds is 6. The van der Waals surface area contributed by atoms with Crippen molar-refractivity contribution < 1.29 is 14.4 Å². The number of carbonyl (C=O) groups excluding carboxylic acids is 3. The Balaban J connectivity index is 1.48. The average Bonchev–Trinajstić information content (AvgIpc) is 2.85. The third kappa shape index (κ3) is 4.06. The first-order chi connectivity index (χ1) is 12.5. The lowest BCUT2D eigenvalue weighted by Gasteiger charge is -2.13. The van der Waals surface area contributed by atoms with Crippen LogP contribution in [0.15, 0.2) is 42.5 Å². The van der Waals surface area contributed by atoms with Crippen LogP contribution in [-0.2, 0) is 11.2 Å². The van der Waals surface area contributed by atoms with Crippen molar-refractivity contribution in [2.45, 2.75) is 12.8 Å². The number of benzene rings is 2. The van der Waals surface area contributed by atoms with Crippen LogP contribution in [0.2, 0.25) is 10.0 Å². The van der Waals surface area contributed by atoms with Gasteiger partial charge in [-0.05, 0) is 42.3 Å². The van der Waals surface area contributed by atoms with Crippen LogP contribution in [0.25, 0.3) is 0 Å². The maximum atomic E-state index is 12.3. The molecule has 2 aromatic rings. The van der Waals surface area contributed by atoms with Crippen molar-refractivity contribution in [2.75, 3.05) is 13.1 Å². The highest BCUT2D eigenvalue weighted by Crippen LogP contribution is 2.25. The highest BCUT2D eigenvalue weighted by atomic mass is 35.5. The molecule has 0 unspecified atom stereocenters. The van der Waals surface area contributed by atoms with E-state index in [9.17, 15) is 14.4 Å². The van der Waals surface area contributed by atoms with E-state index >= 15 is 0 Å². The van der Waals surface area contributed by atoms with Gasteiger partial charge in [-0.3, -0.25) is 19.3 Å². The third-order valence-electron chi connectivity index (χ3n) is 4.14. The van der Waals surface area contributed by atoms with Crippen LogP contribution < -0.4 is 5.32 Å². The van der Waals surface area contributed by atoms with Crippen LogP contribution >= 0.6 is 23.2 Å². The molecule has 0 spiro atoms. The number of hydrogen-bond acceptors (Lipinski definition) is 3. The Hall–Kier alpha value is -2.37. The summed E-state index contributed by atoms with van der Waals surface area (Å²) in [7, 11) is 0. The summed E-state index contributed by atoms with van der Waals surface area (Å²) in [6, 6.07) is 12.0. The Morgan fingerprint density at radius 3 is 2.31 bits per heavy atom. The van der Waals surface area contributed by atoms with Gasteiger partial charge >= 0.3 is 0 Å². The normalized spacial score (nSPS) is 13.1. The van der Waals surface area contributed by atoms with Gasteiger partial charge in [0.25, 0.3) is 11.8 Å². The number of nitrogens with zero attached hydrogens (tertiary/aromatic N) is 1. The molecule has 134 valence electrons. The number of carbonyl (C=O) groups is 3. The molecule has 0 fully saturated rings. The summed E-state index contributed by atoms with van der Waals surface area (Å²) in [4.78, 5) is 37.6. The molecular weight excluding hydrogens is 375 g/mol. The Kier molecular flexibility index (Phi) is 5.59. The predicted molar refractivity (Wildman–Crippen MR) is 99.6 cm³/mol. The third-order valence-corrected chi connectivity index (χ3v) is 4.63. The molecule has 0 bridgehead atoms. The van der Waals surface area contributed by atoms with Crippen molar-refractivity contribution in [3.05, 3.63) is 69.2 Å². The van der Waals surface area contributed by atoms with E-state index in [4.69, 9.17) is 23.2 Å². The quantitative estimate of drug-likeness (QED) is 0.769. The summed E-state index contributed by atoms with van der Waals surface area (Å²) < 4.78 is 0. The van der Waals surface area contributed by atoms with Gasteiger partial charge in [-0.1, -0.05) is 35.3 Å². The summed E-state index contributed by atoms with van der Waals surface area (Å²) >= 11 is 11.7. The maximum Gasteiger partial charge on any atom is 0.261 e. The summed E-state index contributed by atoms with van der Waals surface area (Å²) in [5.41, 5.74) is 1.67. The summed E-state index contributed by atoms with van der Waals surface area (Å²) in [6.45, 7) is 0.509. The summed E-state index contributed by atoms with van der Waals surface area (Å²) in [5.74, 6) is -1.02. The molecule has 1 aliphatic heterocycles. The van der Waals surface area contributed by atoms with Gasteiger partial charge in [-0.2, -0.15) is 0 Å². The van der Waals surface area contributed by atoms with Gasteiger partial charge < -0.3 is 5.32 Å². The van der Waals surface area contributed by atoms with Crippen molar-refractivity contribution in [2.24, 2.45) is 0 Å². The first-order valence-electron chi connectivity index (χ1n) is 8.12. The van der Waals surface area contributed by atoms with Gasteiger partial charge in [0.2, 0.25) is 5.91 Å². The van der Waals surface area contributed by atoms with E-state index in [1.165, 1.54) is 12.1 Å². The van der Waals surface area contributed by atoms with E-state index in [0.717, 1.165) is 10.5 Å². The minimum absolute atomic E-state index is 0.0384. The fraction of sp³-hybridized carbons (Fsp3) is 0.211. The molecule has 3 amide bonds. The van der Waals surface area contributed by atoms with Crippen LogP contribution in [-0.4, -0.2) is 35.7 Å². The molecule has 0 atom stereocenters. The lowest BCUT2D eigenvalue weighted by molar-refractivity contribution is -0.121. The van der Waals surface area contributed by atoms with Crippen molar-refractivity contribution >= 4 is 40.9 Å². The molecule has 0 aromatic heterocycles. The number of amides is 3. The van der Waals surface area contributed by atoms with Crippen LogP contribution in [0, 0.1) is 0 Å². The molecule has 1 N–H and O–H groups in total. The predicted octanol–water partition coefficient (Wildman–Crippen LogP) is 3.34. The van der Waals surface area contributed by atoms with Gasteiger partial charge in [0, 0.05) is 29.6 Å². The van der Waals surface area contributed by atoms with Crippen molar-refractivity contribution in [1.29, 1.82) is 0 Å². The molecule has 0 saturated carbocycles. The fourth-order valence-corrected chi connectivity index (χ4v) is 3.06. The van der Waals surface area contributed by atoms with Gasteiger partial charge in [0.15, 0.2) is 0 Å². The van der Waals surface area contributed by atoms with Crippen molar-refractivity contribution in [3.63, 3.8) is 0 Å². The molecular formula is C19H16Cl2N2O3. The maximum absolute atomic E-state index is 12.3. The molecule has 7 heteroatoms. The fourth-order valence-electron chi connectivity index (χ4n) is 2.77. The topological polar surface area (TPSA) is 66.5 Å². The summed E-state index contributed by atoms with van der Waals surface area (Å²) in [6.07, 6.45) is 0.730. The molecule has 0 saturated heterocycles. The minimum Gasteiger partial charge on any atom is -0.356 e. The van der Waals surface area contributed by atoms with Crippen LogP contribution in [0.3, 0.4) is 0 Å². The molecule has 2 aromatic carbocycles. The number of nitrogens with one attached hydrogen (secondary N) is 1. The molecule has 1 heterocycles. The molecule has 0 radical (unpaired) electrons. The van der Waals surface area contributed by atoms with Gasteiger partial charge in [-0.15, -0.1) is 0 Å². The smallest absolute Gasteiger partial charge is 0.261 e. The Bertz CT molecular complexity index is 866. The number of fused-ring (bicyclic) bond motifs is 1.